The van der Waals surface area contributed by atoms with Crippen LogP contribution in [0.5, 0.6) is 0 Å². The van der Waals surface area contributed by atoms with Crippen molar-refractivity contribution in [2.75, 3.05) is 37.6 Å². The van der Waals surface area contributed by atoms with Gasteiger partial charge in [-0.3, -0.25) is 4.79 Å². The summed E-state index contributed by atoms with van der Waals surface area (Å²) < 4.78 is 29.4. The minimum atomic E-state index is -4.00. The topological polar surface area (TPSA) is 60.9 Å². The number of anilines is 1. The summed E-state index contributed by atoms with van der Waals surface area (Å²) in [6.07, 6.45) is 0. The van der Waals surface area contributed by atoms with Crippen LogP contribution in [0.3, 0.4) is 0 Å². The van der Waals surface area contributed by atoms with Crippen molar-refractivity contribution in [1.82, 2.24) is 9.21 Å². The molecule has 0 aliphatic carbocycles. The predicted molar refractivity (Wildman–Crippen MR) is 159 cm³/mol. The van der Waals surface area contributed by atoms with Crippen LogP contribution >= 0.6 is 23.2 Å². The van der Waals surface area contributed by atoms with Crippen molar-refractivity contribution in [1.29, 1.82) is 0 Å². The largest absolute Gasteiger partial charge is 0.368 e. The number of hydrogen-bond donors (Lipinski definition) is 0. The minimum absolute atomic E-state index is 0.000169. The van der Waals surface area contributed by atoms with Crippen LogP contribution in [0.4, 0.5) is 5.69 Å². The molecule has 1 aliphatic heterocycles. The third-order valence-corrected chi connectivity index (χ3v) is 10.2. The van der Waals surface area contributed by atoms with Crippen molar-refractivity contribution in [3.63, 3.8) is 0 Å². The standard InChI is InChI=1S/C30H35Cl2N3O3S/c1-20-15-22(3)30(23(4)16-20)39(37,38)35(18-25-9-10-26(31)27(32)17-25)19-29(36)34-13-11-33(12-14-34)28-8-6-7-21(2)24(28)5/h6-10,15-17H,11-14,18-19H2,1-5H3. The molecule has 0 spiro atoms. The molecule has 1 heterocycles. The summed E-state index contributed by atoms with van der Waals surface area (Å²) in [6, 6.07) is 15.0. The average Bonchev–Trinajstić information content (AvgIpc) is 2.86. The molecule has 6 nitrogen and oxygen atoms in total. The van der Waals surface area contributed by atoms with Crippen LogP contribution in [0.2, 0.25) is 10.0 Å². The number of hydrogen-bond acceptors (Lipinski definition) is 4. The van der Waals surface area contributed by atoms with E-state index in [4.69, 9.17) is 23.2 Å². The summed E-state index contributed by atoms with van der Waals surface area (Å²) >= 11 is 12.3. The Morgan fingerprint density at radius 2 is 1.49 bits per heavy atom. The summed E-state index contributed by atoms with van der Waals surface area (Å²) in [5.74, 6) is -0.221. The van der Waals surface area contributed by atoms with Gasteiger partial charge in [-0.1, -0.05) is 59.1 Å². The summed E-state index contributed by atoms with van der Waals surface area (Å²) in [7, 11) is -4.00. The molecular weight excluding hydrogens is 553 g/mol. The summed E-state index contributed by atoms with van der Waals surface area (Å²) in [5, 5.41) is 0.723. The lowest BCUT2D eigenvalue weighted by Crippen LogP contribution is -2.52. The van der Waals surface area contributed by atoms with Crippen molar-refractivity contribution < 1.29 is 13.2 Å². The molecule has 0 radical (unpaired) electrons. The second kappa shape index (κ2) is 11.9. The van der Waals surface area contributed by atoms with Gasteiger partial charge in [0.1, 0.15) is 0 Å². The van der Waals surface area contributed by atoms with Crippen LogP contribution in [-0.4, -0.2) is 56.3 Å². The van der Waals surface area contributed by atoms with Crippen molar-refractivity contribution >= 4 is 44.8 Å². The average molecular weight is 589 g/mol. The van der Waals surface area contributed by atoms with E-state index >= 15 is 0 Å². The molecule has 1 aliphatic rings. The summed E-state index contributed by atoms with van der Waals surface area (Å²) in [4.78, 5) is 17.8. The number of aryl methyl sites for hydroxylation is 4. The molecule has 4 rings (SSSR count). The minimum Gasteiger partial charge on any atom is -0.368 e. The molecule has 1 amide bonds. The number of sulfonamides is 1. The fraction of sp³-hybridized carbons (Fsp3) is 0.367. The third-order valence-electron chi connectivity index (χ3n) is 7.41. The lowest BCUT2D eigenvalue weighted by atomic mass is 10.1. The van der Waals surface area contributed by atoms with Gasteiger partial charge >= 0.3 is 0 Å². The van der Waals surface area contributed by atoms with Gasteiger partial charge in [0.05, 0.1) is 21.5 Å². The van der Waals surface area contributed by atoms with Crippen LogP contribution in [0.1, 0.15) is 33.4 Å². The number of halogens is 2. The van der Waals surface area contributed by atoms with Crippen LogP contribution < -0.4 is 4.90 Å². The summed E-state index contributed by atoms with van der Waals surface area (Å²) in [5.41, 5.74) is 6.59. The van der Waals surface area contributed by atoms with Gasteiger partial charge < -0.3 is 9.80 Å². The Kier molecular flexibility index (Phi) is 8.96. The number of amides is 1. The molecule has 9 heteroatoms. The maximum atomic E-state index is 14.1. The van der Waals surface area contributed by atoms with E-state index in [0.29, 0.717) is 52.9 Å². The zero-order chi connectivity index (χ0) is 28.5. The SMILES string of the molecule is Cc1cc(C)c(S(=O)(=O)N(CC(=O)N2CCN(c3cccc(C)c3C)CC2)Cc2ccc(Cl)c(Cl)c2)c(C)c1. The molecule has 0 saturated carbocycles. The Balaban J connectivity index is 1.58. The van der Waals surface area contributed by atoms with E-state index < -0.39 is 10.0 Å². The lowest BCUT2D eigenvalue weighted by Gasteiger charge is -2.37. The molecule has 0 N–H and O–H groups in total. The first-order chi connectivity index (χ1) is 18.4. The van der Waals surface area contributed by atoms with Crippen LogP contribution in [0, 0.1) is 34.6 Å². The van der Waals surface area contributed by atoms with E-state index in [1.807, 2.05) is 19.1 Å². The maximum absolute atomic E-state index is 14.1. The zero-order valence-corrected chi connectivity index (χ0v) is 25.4. The van der Waals surface area contributed by atoms with Gasteiger partial charge in [0.25, 0.3) is 0 Å². The monoisotopic (exact) mass is 587 g/mol. The second-order valence-corrected chi connectivity index (χ2v) is 13.0. The van der Waals surface area contributed by atoms with E-state index in [1.165, 1.54) is 21.1 Å². The molecule has 208 valence electrons. The van der Waals surface area contributed by atoms with E-state index in [9.17, 15) is 13.2 Å². The number of rotatable bonds is 7. The second-order valence-electron chi connectivity index (χ2n) is 10.3. The number of carbonyl (C=O) groups excluding carboxylic acids is 1. The first-order valence-electron chi connectivity index (χ1n) is 13.0. The van der Waals surface area contributed by atoms with Crippen LogP contribution in [-0.2, 0) is 21.4 Å². The number of nitrogens with zero attached hydrogens (tertiary/aromatic N) is 3. The Morgan fingerprint density at radius 3 is 2.10 bits per heavy atom. The molecule has 0 bridgehead atoms. The molecule has 39 heavy (non-hydrogen) atoms. The smallest absolute Gasteiger partial charge is 0.244 e. The fourth-order valence-corrected chi connectivity index (χ4v) is 7.41. The van der Waals surface area contributed by atoms with Gasteiger partial charge in [-0.15, -0.1) is 0 Å². The van der Waals surface area contributed by atoms with Crippen LogP contribution in [0.15, 0.2) is 53.4 Å². The third kappa shape index (κ3) is 6.43. The number of piperazine rings is 1. The maximum Gasteiger partial charge on any atom is 0.244 e. The predicted octanol–water partition coefficient (Wildman–Crippen LogP) is 6.08. The molecule has 0 unspecified atom stereocenters. The molecule has 0 atom stereocenters. The molecular formula is C30H35Cl2N3O3S. The Morgan fingerprint density at radius 1 is 0.846 bits per heavy atom. The molecule has 3 aromatic rings. The highest BCUT2D eigenvalue weighted by Crippen LogP contribution is 2.29. The van der Waals surface area contributed by atoms with Gasteiger partial charge in [0.2, 0.25) is 15.9 Å². The molecule has 0 aromatic heterocycles. The fourth-order valence-electron chi connectivity index (χ4n) is 5.30. The molecule has 1 fully saturated rings. The summed E-state index contributed by atoms with van der Waals surface area (Å²) in [6.45, 7) is 11.9. The van der Waals surface area contributed by atoms with E-state index in [1.54, 1.807) is 36.9 Å². The number of carbonyl (C=O) groups is 1. The van der Waals surface area contributed by atoms with Crippen molar-refractivity contribution in [3.8, 4) is 0 Å². The Hall–Kier alpha value is -2.58. The van der Waals surface area contributed by atoms with E-state index in [-0.39, 0.29) is 23.9 Å². The Bertz CT molecular complexity index is 1480. The van der Waals surface area contributed by atoms with Gasteiger partial charge in [0, 0.05) is 38.4 Å². The molecule has 3 aromatic carbocycles. The first-order valence-corrected chi connectivity index (χ1v) is 15.2. The van der Waals surface area contributed by atoms with Gasteiger partial charge in [-0.25, -0.2) is 8.42 Å². The van der Waals surface area contributed by atoms with Gasteiger partial charge in [-0.2, -0.15) is 4.31 Å². The van der Waals surface area contributed by atoms with Crippen LogP contribution in [0.25, 0.3) is 0 Å². The number of benzene rings is 3. The molecule has 1 saturated heterocycles. The van der Waals surface area contributed by atoms with Gasteiger partial charge in [0.15, 0.2) is 0 Å². The highest BCUT2D eigenvalue weighted by atomic mass is 35.5. The van der Waals surface area contributed by atoms with Gasteiger partial charge in [-0.05, 0) is 80.6 Å². The zero-order valence-electron chi connectivity index (χ0n) is 23.1. The van der Waals surface area contributed by atoms with Crippen molar-refractivity contribution in [3.05, 3.63) is 92.0 Å². The van der Waals surface area contributed by atoms with Crippen molar-refractivity contribution in [2.45, 2.75) is 46.1 Å². The van der Waals surface area contributed by atoms with E-state index in [2.05, 4.69) is 36.9 Å². The first kappa shape index (κ1) is 29.4. The van der Waals surface area contributed by atoms with E-state index in [0.717, 1.165) is 5.56 Å². The van der Waals surface area contributed by atoms with Crippen molar-refractivity contribution in [2.24, 2.45) is 0 Å². The quantitative estimate of drug-likeness (QED) is 0.336. The lowest BCUT2D eigenvalue weighted by molar-refractivity contribution is -0.131. The Labute approximate surface area is 242 Å². The highest BCUT2D eigenvalue weighted by molar-refractivity contribution is 7.89. The normalized spacial score (nSPS) is 14.3. The highest BCUT2D eigenvalue weighted by Gasteiger charge is 2.32.